The summed E-state index contributed by atoms with van der Waals surface area (Å²) in [5.41, 5.74) is 1.57. The molecule has 0 saturated heterocycles. The van der Waals surface area contributed by atoms with E-state index in [-0.39, 0.29) is 27.6 Å². The third kappa shape index (κ3) is 5.03. The number of nitrogens with zero attached hydrogens (tertiary/aromatic N) is 6. The number of aromatic amines is 2. The first-order valence-corrected chi connectivity index (χ1v) is 14.3. The second-order valence-electron chi connectivity index (χ2n) is 10.3. The van der Waals surface area contributed by atoms with Gasteiger partial charge in [-0.2, -0.15) is 0 Å². The molecular weight excluding hydrogens is 650 g/mol. The van der Waals surface area contributed by atoms with Crippen LogP contribution in [0.2, 0.25) is 0 Å². The van der Waals surface area contributed by atoms with Crippen molar-refractivity contribution in [3.8, 4) is 11.4 Å². The van der Waals surface area contributed by atoms with Crippen LogP contribution in [0.4, 0.5) is 8.78 Å². The number of hydrogen-bond acceptors (Lipinski definition) is 8. The van der Waals surface area contributed by atoms with Crippen molar-refractivity contribution in [2.45, 2.75) is 0 Å². The summed E-state index contributed by atoms with van der Waals surface area (Å²) < 4.78 is 30.1. The molecule has 0 spiro atoms. The number of halogens is 3. The Morgan fingerprint density at radius 2 is 1.00 bits per heavy atom. The van der Waals surface area contributed by atoms with Gasteiger partial charge in [0.05, 0.1) is 28.0 Å². The highest BCUT2D eigenvalue weighted by atomic mass is 35.5. The zero-order valence-corrected chi connectivity index (χ0v) is 24.7. The van der Waals surface area contributed by atoms with Crippen molar-refractivity contribution in [1.82, 2.24) is 40.0 Å². The van der Waals surface area contributed by atoms with E-state index in [0.29, 0.717) is 38.7 Å². The Morgan fingerprint density at radius 3 is 1.40 bits per heavy atom. The van der Waals surface area contributed by atoms with Gasteiger partial charge in [0.15, 0.2) is 22.7 Å². The first-order valence-electron chi connectivity index (χ1n) is 13.9. The Hall–Kier alpha value is -6.61. The third-order valence-corrected chi connectivity index (χ3v) is 7.69. The highest BCUT2D eigenvalue weighted by Gasteiger charge is 2.17. The smallest absolute Gasteiger partial charge is 0.335 e. The molecule has 0 saturated carbocycles. The van der Waals surface area contributed by atoms with Crippen LogP contribution in [0.3, 0.4) is 0 Å². The monoisotopic (exact) mass is 666 g/mol. The van der Waals surface area contributed by atoms with Crippen LogP contribution in [0.15, 0.2) is 94.5 Å². The first kappa shape index (κ1) is 30.1. The van der Waals surface area contributed by atoms with Gasteiger partial charge in [-0.3, -0.25) is 24.6 Å². The fourth-order valence-corrected chi connectivity index (χ4v) is 5.24. The van der Waals surface area contributed by atoms with Gasteiger partial charge >= 0.3 is 5.97 Å². The van der Waals surface area contributed by atoms with Crippen molar-refractivity contribution < 1.29 is 23.5 Å². The van der Waals surface area contributed by atoms with Gasteiger partial charge in [-0.05, 0) is 72.3 Å². The van der Waals surface area contributed by atoms with E-state index >= 15 is 0 Å². The van der Waals surface area contributed by atoms with Crippen LogP contribution in [0.25, 0.3) is 55.2 Å². The van der Waals surface area contributed by atoms with E-state index in [0.717, 1.165) is 0 Å². The lowest BCUT2D eigenvalue weighted by Crippen LogP contribution is -2.15. The predicted octanol–water partition coefficient (Wildman–Crippen LogP) is 4.88. The summed E-state index contributed by atoms with van der Waals surface area (Å²) in [6, 6.07) is 20.8. The molecule has 0 radical (unpaired) electrons. The average molecular weight is 667 g/mol. The number of benzene rings is 4. The Morgan fingerprint density at radius 1 is 0.604 bits per heavy atom. The number of H-pyrrole nitrogens is 2. The minimum absolute atomic E-state index is 0.0691. The van der Waals surface area contributed by atoms with E-state index in [1.54, 1.807) is 24.3 Å². The van der Waals surface area contributed by atoms with Crippen LogP contribution >= 0.6 is 11.6 Å². The first-order chi connectivity index (χ1) is 23.1. The fourth-order valence-electron chi connectivity index (χ4n) is 5.11. The number of carbonyl (C=O) groups is 2. The summed E-state index contributed by atoms with van der Waals surface area (Å²) >= 11 is 5.41. The lowest BCUT2D eigenvalue weighted by Gasteiger charge is -2.02. The molecule has 8 rings (SSSR count). The summed E-state index contributed by atoms with van der Waals surface area (Å²) in [5, 5.41) is 30.3. The average Bonchev–Trinajstić information content (AvgIpc) is 3.62. The number of hydrogen-bond donors (Lipinski definition) is 3. The summed E-state index contributed by atoms with van der Waals surface area (Å²) in [6.07, 6.45) is 0. The van der Waals surface area contributed by atoms with E-state index in [2.05, 4.69) is 30.6 Å². The molecule has 4 heterocycles. The summed E-state index contributed by atoms with van der Waals surface area (Å²) in [7, 11) is 0. The number of aromatic nitrogens is 8. The molecule has 0 aliphatic carbocycles. The minimum Gasteiger partial charge on any atom is -0.478 e. The maximum atomic E-state index is 13.8. The van der Waals surface area contributed by atoms with Crippen LogP contribution in [0, 0.1) is 11.6 Å². The van der Waals surface area contributed by atoms with Crippen LogP contribution in [-0.4, -0.2) is 56.3 Å². The molecule has 0 bridgehead atoms. The molecular formula is C32H17ClF2N8O5. The Kier molecular flexibility index (Phi) is 7.29. The number of nitrogens with one attached hydrogen (secondary N) is 2. The molecule has 3 N–H and O–H groups in total. The molecule has 0 unspecified atom stereocenters. The normalized spacial score (nSPS) is 11.2. The van der Waals surface area contributed by atoms with Crippen molar-refractivity contribution in [3.63, 3.8) is 0 Å². The molecule has 236 valence electrons. The van der Waals surface area contributed by atoms with Crippen LogP contribution < -0.4 is 11.1 Å². The van der Waals surface area contributed by atoms with Crippen molar-refractivity contribution in [2.75, 3.05) is 0 Å². The highest BCUT2D eigenvalue weighted by Crippen LogP contribution is 2.23. The largest absolute Gasteiger partial charge is 0.478 e. The SMILES string of the molecule is O=C(Cl)c1ccc(-n2[nH]c3c(nnc4c(F)cccc43)c2=O)cc1.O=C(O)c1ccc(-n2[nH]c3c(nnc4c(F)cccc43)c2=O)cc1. The zero-order valence-electron chi connectivity index (χ0n) is 24.0. The van der Waals surface area contributed by atoms with Crippen LogP contribution in [0.5, 0.6) is 0 Å². The standard InChI is InChI=1S/C16H8ClFN4O2.C16H9FN4O3/c17-15(23)8-4-6-9(7-5-8)22-16(24)14-13(21-22)10-2-1-3-11(18)12(10)19-20-14;17-11-3-1-2-10-12(11)18-19-14-13(10)20-21(15(14)22)9-6-4-8(5-7-9)16(23)24/h1-7,21H;1-7,20H,(H,23,24). The topological polar surface area (TPSA) is 182 Å². The van der Waals surface area contributed by atoms with Crippen molar-refractivity contribution >= 4 is 66.7 Å². The molecule has 0 aliphatic rings. The molecule has 8 aromatic rings. The number of carboxylic acids is 1. The highest BCUT2D eigenvalue weighted by molar-refractivity contribution is 6.67. The summed E-state index contributed by atoms with van der Waals surface area (Å²) in [4.78, 5) is 47.0. The number of fused-ring (bicyclic) bond motifs is 6. The van der Waals surface area contributed by atoms with Gasteiger partial charge in [0.2, 0.25) is 0 Å². The quantitative estimate of drug-likeness (QED) is 0.221. The minimum atomic E-state index is -1.06. The number of carboxylic acid groups (broad SMARTS) is 1. The third-order valence-electron chi connectivity index (χ3n) is 7.47. The van der Waals surface area contributed by atoms with E-state index in [9.17, 15) is 28.0 Å². The van der Waals surface area contributed by atoms with Gasteiger partial charge in [0.1, 0.15) is 11.0 Å². The summed E-state index contributed by atoms with van der Waals surface area (Å²) in [6.45, 7) is 0. The molecule has 13 nitrogen and oxygen atoms in total. The van der Waals surface area contributed by atoms with Gasteiger partial charge in [-0.25, -0.2) is 22.9 Å². The van der Waals surface area contributed by atoms with Gasteiger partial charge in [-0.1, -0.05) is 24.3 Å². The maximum absolute atomic E-state index is 13.8. The number of aromatic carboxylic acids is 1. The molecule has 48 heavy (non-hydrogen) atoms. The lowest BCUT2D eigenvalue weighted by molar-refractivity contribution is 0.0696. The zero-order chi connectivity index (χ0) is 33.7. The Balaban J connectivity index is 0.000000152. The second-order valence-corrected chi connectivity index (χ2v) is 10.6. The van der Waals surface area contributed by atoms with Gasteiger partial charge in [0, 0.05) is 16.3 Å². The number of rotatable bonds is 4. The van der Waals surface area contributed by atoms with Gasteiger partial charge in [0.25, 0.3) is 16.4 Å². The van der Waals surface area contributed by atoms with Gasteiger partial charge in [-0.15, -0.1) is 20.4 Å². The molecule has 0 aliphatic heterocycles. The van der Waals surface area contributed by atoms with Crippen molar-refractivity contribution in [2.24, 2.45) is 0 Å². The Labute approximate surface area is 269 Å². The number of carbonyl (C=O) groups excluding carboxylic acids is 1. The Bertz CT molecular complexity index is 2510. The van der Waals surface area contributed by atoms with E-state index < -0.39 is 34.0 Å². The van der Waals surface area contributed by atoms with Crippen LogP contribution in [-0.2, 0) is 0 Å². The second kappa shape index (κ2) is 11.6. The van der Waals surface area contributed by atoms with Gasteiger partial charge < -0.3 is 5.11 Å². The fraction of sp³-hybridized carbons (Fsp3) is 0. The van der Waals surface area contributed by atoms with Crippen LogP contribution in [0.1, 0.15) is 20.7 Å². The predicted molar refractivity (Wildman–Crippen MR) is 171 cm³/mol. The van der Waals surface area contributed by atoms with Crippen molar-refractivity contribution in [3.05, 3.63) is 128 Å². The van der Waals surface area contributed by atoms with E-state index in [1.165, 1.54) is 70.0 Å². The molecule has 4 aromatic heterocycles. The molecule has 0 fully saturated rings. The molecule has 16 heteroatoms. The molecule has 4 aromatic carbocycles. The van der Waals surface area contributed by atoms with Crippen molar-refractivity contribution in [1.29, 1.82) is 0 Å². The summed E-state index contributed by atoms with van der Waals surface area (Å²) in [5.74, 6) is -2.10. The maximum Gasteiger partial charge on any atom is 0.335 e. The molecule has 0 amide bonds. The van der Waals surface area contributed by atoms with E-state index in [4.69, 9.17) is 16.7 Å². The van der Waals surface area contributed by atoms with E-state index in [1.807, 2.05) is 0 Å². The molecule has 0 atom stereocenters. The lowest BCUT2D eigenvalue weighted by atomic mass is 10.2.